The van der Waals surface area contributed by atoms with Crippen LogP contribution in [0.5, 0.6) is 5.75 Å². The Hall–Kier alpha value is -2.84. The lowest BCUT2D eigenvalue weighted by atomic mass is 10.0. The summed E-state index contributed by atoms with van der Waals surface area (Å²) >= 11 is 1.34. The minimum Gasteiger partial charge on any atom is -0.497 e. The highest BCUT2D eigenvalue weighted by Gasteiger charge is 2.13. The molecule has 28 heavy (non-hydrogen) atoms. The summed E-state index contributed by atoms with van der Waals surface area (Å²) in [4.78, 5) is 13.2. The smallest absolute Gasteiger partial charge is 0.265 e. The van der Waals surface area contributed by atoms with Gasteiger partial charge in [0, 0.05) is 5.69 Å². The first-order valence-electron chi connectivity index (χ1n) is 8.38. The average molecular weight is 417 g/mol. The van der Waals surface area contributed by atoms with Gasteiger partial charge in [-0.25, -0.2) is 8.42 Å². The maximum absolute atomic E-state index is 12.6. The number of hydrogen-bond donors (Lipinski definition) is 2. The van der Waals surface area contributed by atoms with Crippen LogP contribution in [0, 0.1) is 6.92 Å². The van der Waals surface area contributed by atoms with Crippen molar-refractivity contribution in [3.05, 3.63) is 64.4 Å². The largest absolute Gasteiger partial charge is 0.497 e. The Morgan fingerprint density at radius 3 is 2.54 bits per heavy atom. The number of amides is 1. The van der Waals surface area contributed by atoms with Crippen LogP contribution in [0.15, 0.2) is 53.9 Å². The van der Waals surface area contributed by atoms with Crippen molar-refractivity contribution in [2.24, 2.45) is 0 Å². The number of rotatable bonds is 6. The van der Waals surface area contributed by atoms with Crippen LogP contribution in [0.25, 0.3) is 11.1 Å². The molecule has 0 unspecified atom stereocenters. The van der Waals surface area contributed by atoms with Crippen LogP contribution >= 0.6 is 11.3 Å². The molecular weight excluding hydrogens is 396 g/mol. The summed E-state index contributed by atoms with van der Waals surface area (Å²) in [5, 5.41) is 4.73. The van der Waals surface area contributed by atoms with Gasteiger partial charge in [-0.05, 0) is 65.4 Å². The van der Waals surface area contributed by atoms with E-state index in [2.05, 4.69) is 10.0 Å². The highest BCUT2D eigenvalue weighted by molar-refractivity contribution is 7.92. The van der Waals surface area contributed by atoms with Gasteiger partial charge >= 0.3 is 0 Å². The van der Waals surface area contributed by atoms with Gasteiger partial charge in [0.25, 0.3) is 5.91 Å². The minimum absolute atomic E-state index is 0.256. The molecule has 1 heterocycles. The fraction of sp³-hybridized carbons (Fsp3) is 0.150. The van der Waals surface area contributed by atoms with Crippen molar-refractivity contribution in [3.8, 4) is 16.9 Å². The first kappa shape index (κ1) is 19.9. The van der Waals surface area contributed by atoms with E-state index in [1.54, 1.807) is 31.4 Å². The second-order valence-electron chi connectivity index (χ2n) is 6.29. The summed E-state index contributed by atoms with van der Waals surface area (Å²) in [7, 11) is -1.76. The van der Waals surface area contributed by atoms with Gasteiger partial charge in [-0.1, -0.05) is 12.1 Å². The van der Waals surface area contributed by atoms with Crippen molar-refractivity contribution >= 4 is 38.6 Å². The molecule has 1 aromatic heterocycles. The Kier molecular flexibility index (Phi) is 5.71. The van der Waals surface area contributed by atoms with Crippen LogP contribution in [0.3, 0.4) is 0 Å². The Bertz CT molecular complexity index is 1120. The number of hydrogen-bond acceptors (Lipinski definition) is 5. The average Bonchev–Trinajstić information content (AvgIpc) is 3.11. The zero-order chi connectivity index (χ0) is 20.3. The van der Waals surface area contributed by atoms with Crippen molar-refractivity contribution in [2.45, 2.75) is 6.92 Å². The molecule has 8 heteroatoms. The maximum Gasteiger partial charge on any atom is 0.265 e. The molecule has 1 amide bonds. The van der Waals surface area contributed by atoms with Crippen molar-refractivity contribution in [1.29, 1.82) is 0 Å². The molecule has 3 aromatic rings. The Labute approximate surface area is 168 Å². The monoisotopic (exact) mass is 416 g/mol. The third-order valence-corrected chi connectivity index (χ3v) is 5.54. The molecule has 6 nitrogen and oxygen atoms in total. The fourth-order valence-electron chi connectivity index (χ4n) is 2.70. The predicted molar refractivity (Wildman–Crippen MR) is 114 cm³/mol. The molecule has 0 saturated carbocycles. The van der Waals surface area contributed by atoms with Gasteiger partial charge in [0.1, 0.15) is 5.75 Å². The third-order valence-electron chi connectivity index (χ3n) is 4.00. The minimum atomic E-state index is -3.38. The van der Waals surface area contributed by atoms with Crippen LogP contribution in [-0.4, -0.2) is 27.7 Å². The van der Waals surface area contributed by atoms with Crippen LogP contribution in [0.2, 0.25) is 0 Å². The van der Waals surface area contributed by atoms with E-state index in [4.69, 9.17) is 4.74 Å². The maximum atomic E-state index is 12.6. The van der Waals surface area contributed by atoms with Gasteiger partial charge < -0.3 is 10.1 Å². The van der Waals surface area contributed by atoms with Gasteiger partial charge in [-0.3, -0.25) is 9.52 Å². The van der Waals surface area contributed by atoms with E-state index < -0.39 is 10.0 Å². The molecule has 0 atom stereocenters. The van der Waals surface area contributed by atoms with E-state index in [9.17, 15) is 13.2 Å². The van der Waals surface area contributed by atoms with Crippen LogP contribution in [0.4, 0.5) is 11.4 Å². The normalized spacial score (nSPS) is 11.1. The summed E-state index contributed by atoms with van der Waals surface area (Å²) in [6.45, 7) is 2.01. The van der Waals surface area contributed by atoms with E-state index in [1.165, 1.54) is 11.3 Å². The summed E-state index contributed by atoms with van der Waals surface area (Å²) in [5.41, 5.74) is 3.93. The number of carbonyl (C=O) groups excluding carboxylic acids is 1. The third kappa shape index (κ3) is 4.90. The molecule has 2 aromatic carbocycles. The lowest BCUT2D eigenvalue weighted by molar-refractivity contribution is 0.103. The molecule has 0 aliphatic carbocycles. The van der Waals surface area contributed by atoms with Gasteiger partial charge in [0.2, 0.25) is 10.0 Å². The van der Waals surface area contributed by atoms with Crippen molar-refractivity contribution in [2.75, 3.05) is 23.4 Å². The molecule has 0 fully saturated rings. The van der Waals surface area contributed by atoms with E-state index in [-0.39, 0.29) is 5.91 Å². The van der Waals surface area contributed by atoms with Crippen LogP contribution in [0.1, 0.15) is 15.2 Å². The number of aryl methyl sites for hydroxylation is 1. The summed E-state index contributed by atoms with van der Waals surface area (Å²) in [6.07, 6.45) is 1.08. The van der Waals surface area contributed by atoms with Gasteiger partial charge in [-0.2, -0.15) is 0 Å². The zero-order valence-corrected chi connectivity index (χ0v) is 17.3. The second-order valence-corrected chi connectivity index (χ2v) is 8.95. The molecule has 3 rings (SSSR count). The summed E-state index contributed by atoms with van der Waals surface area (Å²) in [5.74, 6) is 0.501. The summed E-state index contributed by atoms with van der Waals surface area (Å²) in [6, 6.07) is 14.2. The lowest BCUT2D eigenvalue weighted by Gasteiger charge is -2.08. The van der Waals surface area contributed by atoms with E-state index >= 15 is 0 Å². The molecular formula is C20H20N2O4S2. The molecule has 0 bridgehead atoms. The number of thiophene rings is 1. The second kappa shape index (κ2) is 8.04. The first-order chi connectivity index (χ1) is 13.2. The molecule has 146 valence electrons. The standard InChI is InChI=1S/C20H20N2O4S2/c1-13-7-8-17(26-2)11-18(13)14-9-19(27-12-14)20(23)21-15-5-4-6-16(10-15)22-28(3,24)25/h4-12,22H,1-3H3,(H,21,23). The van der Waals surface area contributed by atoms with Crippen molar-refractivity contribution in [3.63, 3.8) is 0 Å². The fourth-order valence-corrected chi connectivity index (χ4v) is 4.06. The molecule has 0 radical (unpaired) electrons. The lowest BCUT2D eigenvalue weighted by Crippen LogP contribution is -2.12. The van der Waals surface area contributed by atoms with Gasteiger partial charge in [0.15, 0.2) is 0 Å². The highest BCUT2D eigenvalue weighted by Crippen LogP contribution is 2.31. The Balaban J connectivity index is 1.79. The number of nitrogens with one attached hydrogen (secondary N) is 2. The topological polar surface area (TPSA) is 84.5 Å². The Morgan fingerprint density at radius 1 is 1.07 bits per heavy atom. The number of anilines is 2. The molecule has 0 aliphatic rings. The number of methoxy groups -OCH3 is 1. The molecule has 0 saturated heterocycles. The van der Waals surface area contributed by atoms with Crippen molar-refractivity contribution in [1.82, 2.24) is 0 Å². The molecule has 0 spiro atoms. The summed E-state index contributed by atoms with van der Waals surface area (Å²) < 4.78 is 30.4. The molecule has 2 N–H and O–H groups in total. The van der Waals surface area contributed by atoms with Crippen molar-refractivity contribution < 1.29 is 17.9 Å². The Morgan fingerprint density at radius 2 is 1.82 bits per heavy atom. The first-order valence-corrected chi connectivity index (χ1v) is 11.1. The zero-order valence-electron chi connectivity index (χ0n) is 15.6. The SMILES string of the molecule is COc1ccc(C)c(-c2csc(C(=O)Nc3cccc(NS(C)(=O)=O)c3)c2)c1. The quantitative estimate of drug-likeness (QED) is 0.625. The van der Waals surface area contributed by atoms with E-state index in [0.717, 1.165) is 28.7 Å². The van der Waals surface area contributed by atoms with Gasteiger partial charge in [0.05, 0.1) is 23.9 Å². The molecule has 0 aliphatic heterocycles. The van der Waals surface area contributed by atoms with E-state index in [1.807, 2.05) is 36.6 Å². The number of sulfonamides is 1. The number of benzene rings is 2. The van der Waals surface area contributed by atoms with E-state index in [0.29, 0.717) is 16.3 Å². The van der Waals surface area contributed by atoms with Crippen LogP contribution < -0.4 is 14.8 Å². The number of ether oxygens (including phenoxy) is 1. The van der Waals surface area contributed by atoms with Gasteiger partial charge in [-0.15, -0.1) is 11.3 Å². The predicted octanol–water partition coefficient (Wildman–Crippen LogP) is 4.36. The highest BCUT2D eigenvalue weighted by atomic mass is 32.2. The number of carbonyl (C=O) groups is 1. The van der Waals surface area contributed by atoms with Crippen LogP contribution in [-0.2, 0) is 10.0 Å².